The van der Waals surface area contributed by atoms with Gasteiger partial charge in [-0.25, -0.2) is 0 Å². The molecule has 0 saturated carbocycles. The van der Waals surface area contributed by atoms with Crippen molar-refractivity contribution in [2.45, 2.75) is 50.8 Å². The van der Waals surface area contributed by atoms with E-state index in [-0.39, 0.29) is 19.2 Å². The fraction of sp³-hybridized carbons (Fsp3) is 0.524. The molecule has 0 aliphatic carbocycles. The summed E-state index contributed by atoms with van der Waals surface area (Å²) in [6, 6.07) is 9.64. The standard InChI is InChI=1S/C21H28N2O7/c1-21(2)29-18-16(11-24)28-20(19(18)30-21)23(13-25)10-9-17(26)22(3)14-27-12-15-7-5-4-6-8-15/h4-10,13,16,18-20,24H,11-12,14H2,1-3H3/b10-9-. The molecule has 2 aliphatic rings. The molecule has 9 heteroatoms. The molecule has 2 aliphatic heterocycles. The lowest BCUT2D eigenvalue weighted by molar-refractivity contribution is -0.204. The van der Waals surface area contributed by atoms with E-state index in [1.165, 1.54) is 22.1 Å². The zero-order chi connectivity index (χ0) is 21.7. The maximum Gasteiger partial charge on any atom is 0.249 e. The van der Waals surface area contributed by atoms with E-state index in [9.17, 15) is 14.7 Å². The number of hydrogen-bond donors (Lipinski definition) is 1. The minimum Gasteiger partial charge on any atom is -0.394 e. The molecule has 4 atom stereocenters. The Balaban J connectivity index is 1.55. The fourth-order valence-corrected chi connectivity index (χ4v) is 3.44. The number of amides is 2. The van der Waals surface area contributed by atoms with E-state index in [4.69, 9.17) is 18.9 Å². The number of fused-ring (bicyclic) bond motifs is 1. The third kappa shape index (κ3) is 5.24. The van der Waals surface area contributed by atoms with Crippen molar-refractivity contribution in [1.82, 2.24) is 9.80 Å². The minimum atomic E-state index is -0.852. The van der Waals surface area contributed by atoms with Crippen LogP contribution in [-0.4, -0.2) is 77.9 Å². The summed E-state index contributed by atoms with van der Waals surface area (Å²) in [6.45, 7) is 3.73. The molecule has 0 bridgehead atoms. The first-order valence-electron chi connectivity index (χ1n) is 9.74. The van der Waals surface area contributed by atoms with Crippen molar-refractivity contribution < 1.29 is 33.6 Å². The highest BCUT2D eigenvalue weighted by molar-refractivity contribution is 5.87. The molecule has 1 aromatic rings. The maximum atomic E-state index is 12.4. The molecule has 2 heterocycles. The maximum absolute atomic E-state index is 12.4. The lowest BCUT2D eigenvalue weighted by Gasteiger charge is -2.27. The molecule has 9 nitrogen and oxygen atoms in total. The normalized spacial score (nSPS) is 27.2. The van der Waals surface area contributed by atoms with Crippen LogP contribution in [0.1, 0.15) is 19.4 Å². The summed E-state index contributed by atoms with van der Waals surface area (Å²) in [7, 11) is 1.60. The first kappa shape index (κ1) is 22.4. The average Bonchev–Trinajstić information content (AvgIpc) is 3.22. The van der Waals surface area contributed by atoms with Gasteiger partial charge in [0.15, 0.2) is 12.0 Å². The molecule has 1 N–H and O–H groups in total. The molecule has 4 unspecified atom stereocenters. The number of likely N-dealkylation sites (N-methyl/N-ethyl adjacent to an activating group) is 1. The van der Waals surface area contributed by atoms with Crippen molar-refractivity contribution in [2.24, 2.45) is 0 Å². The highest BCUT2D eigenvalue weighted by Crippen LogP contribution is 2.39. The number of carbonyl (C=O) groups excluding carboxylic acids is 2. The number of ether oxygens (including phenoxy) is 4. The van der Waals surface area contributed by atoms with Crippen LogP contribution in [0.2, 0.25) is 0 Å². The molecule has 2 fully saturated rings. The van der Waals surface area contributed by atoms with Gasteiger partial charge in [0.1, 0.15) is 25.0 Å². The Morgan fingerprint density at radius 2 is 1.93 bits per heavy atom. The highest BCUT2D eigenvalue weighted by Gasteiger charge is 2.56. The van der Waals surface area contributed by atoms with Gasteiger partial charge in [0.25, 0.3) is 0 Å². The van der Waals surface area contributed by atoms with Gasteiger partial charge in [-0.05, 0) is 19.4 Å². The Hall–Kier alpha value is -2.30. The molecular weight excluding hydrogens is 392 g/mol. The van der Waals surface area contributed by atoms with Crippen LogP contribution in [0, 0.1) is 0 Å². The largest absolute Gasteiger partial charge is 0.394 e. The van der Waals surface area contributed by atoms with E-state index >= 15 is 0 Å². The quantitative estimate of drug-likeness (QED) is 0.359. The number of rotatable bonds is 9. The molecule has 1 aromatic carbocycles. The van der Waals surface area contributed by atoms with Crippen LogP contribution in [0.5, 0.6) is 0 Å². The van der Waals surface area contributed by atoms with Crippen LogP contribution in [0.4, 0.5) is 0 Å². The first-order valence-corrected chi connectivity index (χ1v) is 9.74. The Morgan fingerprint density at radius 1 is 1.23 bits per heavy atom. The summed E-state index contributed by atoms with van der Waals surface area (Å²) in [4.78, 5) is 26.6. The van der Waals surface area contributed by atoms with Gasteiger partial charge >= 0.3 is 0 Å². The lowest BCUT2D eigenvalue weighted by atomic mass is 10.1. The molecular formula is C21H28N2O7. The minimum absolute atomic E-state index is 0.0987. The Kier molecular flexibility index (Phi) is 7.22. The average molecular weight is 420 g/mol. The molecule has 2 saturated heterocycles. The van der Waals surface area contributed by atoms with Crippen molar-refractivity contribution in [3.05, 3.63) is 48.2 Å². The topological polar surface area (TPSA) is 97.8 Å². The monoisotopic (exact) mass is 420 g/mol. The van der Waals surface area contributed by atoms with E-state index in [0.717, 1.165) is 5.56 Å². The van der Waals surface area contributed by atoms with Crippen LogP contribution < -0.4 is 0 Å². The van der Waals surface area contributed by atoms with Crippen molar-refractivity contribution >= 4 is 12.3 Å². The number of aliphatic hydroxyl groups is 1. The summed E-state index contributed by atoms with van der Waals surface area (Å²) in [5.41, 5.74) is 1.01. The number of aliphatic hydroxyl groups excluding tert-OH is 1. The van der Waals surface area contributed by atoms with Crippen molar-refractivity contribution in [3.8, 4) is 0 Å². The predicted octanol–water partition coefficient (Wildman–Crippen LogP) is 0.829. The summed E-state index contributed by atoms with van der Waals surface area (Å²) in [5, 5.41) is 9.55. The SMILES string of the molecule is CN(COCc1ccccc1)C(=O)/C=C\N(C=O)C1OC(CO)C2OC(C)(C)OC21. The van der Waals surface area contributed by atoms with Crippen molar-refractivity contribution in [3.63, 3.8) is 0 Å². The molecule has 0 spiro atoms. The van der Waals surface area contributed by atoms with Crippen LogP contribution in [0.25, 0.3) is 0 Å². The van der Waals surface area contributed by atoms with Gasteiger partial charge in [-0.2, -0.15) is 0 Å². The summed E-state index contributed by atoms with van der Waals surface area (Å²) < 4.78 is 22.9. The first-order chi connectivity index (χ1) is 14.3. The lowest BCUT2D eigenvalue weighted by Crippen LogP contribution is -2.41. The van der Waals surface area contributed by atoms with Gasteiger partial charge in [-0.1, -0.05) is 30.3 Å². The van der Waals surface area contributed by atoms with Gasteiger partial charge in [-0.3, -0.25) is 14.5 Å². The predicted molar refractivity (Wildman–Crippen MR) is 105 cm³/mol. The second-order valence-electron chi connectivity index (χ2n) is 7.68. The number of hydrogen-bond acceptors (Lipinski definition) is 7. The molecule has 0 aromatic heterocycles. The Morgan fingerprint density at radius 3 is 2.60 bits per heavy atom. The number of nitrogens with zero attached hydrogens (tertiary/aromatic N) is 2. The fourth-order valence-electron chi connectivity index (χ4n) is 3.44. The third-order valence-corrected chi connectivity index (χ3v) is 4.88. The van der Waals surface area contributed by atoms with Gasteiger partial charge < -0.3 is 29.0 Å². The Bertz CT molecular complexity index is 755. The van der Waals surface area contributed by atoms with Crippen molar-refractivity contribution in [1.29, 1.82) is 0 Å². The van der Waals surface area contributed by atoms with Crippen LogP contribution in [0.15, 0.2) is 42.6 Å². The van der Waals surface area contributed by atoms with E-state index in [0.29, 0.717) is 13.0 Å². The van der Waals surface area contributed by atoms with E-state index < -0.39 is 30.3 Å². The third-order valence-electron chi connectivity index (χ3n) is 4.88. The zero-order valence-corrected chi connectivity index (χ0v) is 17.3. The zero-order valence-electron chi connectivity index (χ0n) is 17.3. The summed E-state index contributed by atoms with van der Waals surface area (Å²) in [6.07, 6.45) is 0.624. The van der Waals surface area contributed by atoms with Gasteiger partial charge in [0.05, 0.1) is 13.2 Å². The highest BCUT2D eigenvalue weighted by atomic mass is 16.8. The number of carbonyl (C=O) groups is 2. The van der Waals surface area contributed by atoms with Gasteiger partial charge in [0, 0.05) is 19.3 Å². The second kappa shape index (κ2) is 9.67. The van der Waals surface area contributed by atoms with E-state index in [2.05, 4.69) is 0 Å². The van der Waals surface area contributed by atoms with Crippen LogP contribution >= 0.6 is 0 Å². The molecule has 0 radical (unpaired) electrons. The van der Waals surface area contributed by atoms with E-state index in [1.807, 2.05) is 30.3 Å². The molecule has 2 amide bonds. The smallest absolute Gasteiger partial charge is 0.249 e. The van der Waals surface area contributed by atoms with Crippen LogP contribution in [0.3, 0.4) is 0 Å². The summed E-state index contributed by atoms with van der Waals surface area (Å²) in [5.74, 6) is -1.19. The molecule has 164 valence electrons. The van der Waals surface area contributed by atoms with E-state index in [1.54, 1.807) is 20.9 Å². The van der Waals surface area contributed by atoms with Crippen molar-refractivity contribution in [2.75, 3.05) is 20.4 Å². The van der Waals surface area contributed by atoms with Crippen LogP contribution in [-0.2, 0) is 35.1 Å². The molecule has 30 heavy (non-hydrogen) atoms. The number of benzene rings is 1. The van der Waals surface area contributed by atoms with Gasteiger partial charge in [-0.15, -0.1) is 0 Å². The Labute approximate surface area is 175 Å². The second-order valence-corrected chi connectivity index (χ2v) is 7.68. The molecule has 3 rings (SSSR count). The summed E-state index contributed by atoms with van der Waals surface area (Å²) >= 11 is 0. The van der Waals surface area contributed by atoms with Gasteiger partial charge in [0.2, 0.25) is 12.3 Å².